The molecule has 0 bridgehead atoms. The van der Waals surface area contributed by atoms with Crippen LogP contribution in [0.1, 0.15) is 18.9 Å². The number of rotatable bonds is 6. The summed E-state index contributed by atoms with van der Waals surface area (Å²) >= 11 is 0. The molecule has 1 amide bonds. The summed E-state index contributed by atoms with van der Waals surface area (Å²) in [7, 11) is 0. The first-order chi connectivity index (χ1) is 13.5. The van der Waals surface area contributed by atoms with Gasteiger partial charge in [-0.15, -0.1) is 0 Å². The highest BCUT2D eigenvalue weighted by Gasteiger charge is 2.42. The molecule has 2 aromatic carbocycles. The standard InChI is InChI=1S/C20H19N3O5/c1-2-28-20(25)18-12-17(21-13-14-6-4-3-5-7-14)19(24)22(18)15-8-10-16(11-9-15)23(26)27/h3-11,18H,2,12-13H2,1H3. The molecule has 2 aromatic rings. The van der Waals surface area contributed by atoms with Gasteiger partial charge in [-0.1, -0.05) is 30.3 Å². The molecule has 1 atom stereocenters. The smallest absolute Gasteiger partial charge is 0.329 e. The molecule has 144 valence electrons. The lowest BCUT2D eigenvalue weighted by Gasteiger charge is -2.22. The lowest BCUT2D eigenvalue weighted by atomic mass is 10.2. The first-order valence-corrected chi connectivity index (χ1v) is 8.83. The Hall–Kier alpha value is -3.55. The largest absolute Gasteiger partial charge is 0.464 e. The molecule has 0 aliphatic carbocycles. The average Bonchev–Trinajstić information content (AvgIpc) is 3.04. The van der Waals surface area contributed by atoms with Crippen LogP contribution < -0.4 is 4.90 Å². The fraction of sp³-hybridized carbons (Fsp3) is 0.250. The summed E-state index contributed by atoms with van der Waals surface area (Å²) in [4.78, 5) is 41.3. The van der Waals surface area contributed by atoms with Crippen molar-refractivity contribution in [2.45, 2.75) is 25.9 Å². The van der Waals surface area contributed by atoms with E-state index >= 15 is 0 Å². The van der Waals surface area contributed by atoms with Crippen LogP contribution in [0.5, 0.6) is 0 Å². The Morgan fingerprint density at radius 3 is 2.50 bits per heavy atom. The first-order valence-electron chi connectivity index (χ1n) is 8.83. The molecule has 1 aliphatic heterocycles. The zero-order valence-corrected chi connectivity index (χ0v) is 15.3. The predicted molar refractivity (Wildman–Crippen MR) is 103 cm³/mol. The summed E-state index contributed by atoms with van der Waals surface area (Å²) in [5.74, 6) is -0.929. The van der Waals surface area contributed by atoms with Crippen LogP contribution in [0.25, 0.3) is 0 Å². The number of amides is 1. The average molecular weight is 381 g/mol. The van der Waals surface area contributed by atoms with E-state index in [-0.39, 0.29) is 24.4 Å². The van der Waals surface area contributed by atoms with Crippen molar-refractivity contribution in [2.24, 2.45) is 4.99 Å². The SMILES string of the molecule is CCOC(=O)C1CC(=NCc2ccccc2)C(=O)N1c1ccc([N+](=O)[O-])cc1. The number of carbonyl (C=O) groups is 2. The van der Waals surface area contributed by atoms with Crippen molar-refractivity contribution in [3.05, 3.63) is 70.3 Å². The Kier molecular flexibility index (Phi) is 5.78. The van der Waals surface area contributed by atoms with Crippen LogP contribution in [0.4, 0.5) is 11.4 Å². The number of nitrogens with zero attached hydrogens (tertiary/aromatic N) is 3. The van der Waals surface area contributed by atoms with Gasteiger partial charge in [-0.05, 0) is 24.6 Å². The van der Waals surface area contributed by atoms with Gasteiger partial charge >= 0.3 is 5.97 Å². The van der Waals surface area contributed by atoms with E-state index in [0.29, 0.717) is 12.2 Å². The van der Waals surface area contributed by atoms with Gasteiger partial charge in [-0.25, -0.2) is 4.79 Å². The van der Waals surface area contributed by atoms with Crippen LogP contribution in [0.2, 0.25) is 0 Å². The molecule has 0 saturated carbocycles. The molecule has 0 N–H and O–H groups in total. The molecule has 1 heterocycles. The van der Waals surface area contributed by atoms with Gasteiger partial charge < -0.3 is 4.74 Å². The van der Waals surface area contributed by atoms with E-state index in [1.54, 1.807) is 6.92 Å². The van der Waals surface area contributed by atoms with Gasteiger partial charge in [0, 0.05) is 24.2 Å². The monoisotopic (exact) mass is 381 g/mol. The van der Waals surface area contributed by atoms with Gasteiger partial charge in [0.2, 0.25) is 0 Å². The van der Waals surface area contributed by atoms with E-state index in [1.807, 2.05) is 30.3 Å². The molecular formula is C20H19N3O5. The zero-order chi connectivity index (χ0) is 20.1. The number of esters is 1. The van der Waals surface area contributed by atoms with Gasteiger partial charge in [0.05, 0.1) is 18.1 Å². The number of nitro benzene ring substituents is 1. The van der Waals surface area contributed by atoms with Gasteiger partial charge in [0.15, 0.2) is 0 Å². The fourth-order valence-electron chi connectivity index (χ4n) is 3.00. The molecule has 8 nitrogen and oxygen atoms in total. The molecule has 0 radical (unpaired) electrons. The molecule has 3 rings (SSSR count). The molecular weight excluding hydrogens is 362 g/mol. The summed E-state index contributed by atoms with van der Waals surface area (Å²) in [5.41, 5.74) is 1.52. The Bertz CT molecular complexity index is 909. The lowest BCUT2D eigenvalue weighted by Crippen LogP contribution is -2.40. The number of ether oxygens (including phenoxy) is 1. The molecule has 28 heavy (non-hydrogen) atoms. The topological polar surface area (TPSA) is 102 Å². The fourth-order valence-corrected chi connectivity index (χ4v) is 3.00. The summed E-state index contributed by atoms with van der Waals surface area (Å²) in [6.07, 6.45) is 0.126. The second-order valence-corrected chi connectivity index (χ2v) is 6.17. The molecule has 1 fully saturated rings. The molecule has 1 unspecified atom stereocenters. The van der Waals surface area contributed by atoms with E-state index < -0.39 is 22.8 Å². The minimum atomic E-state index is -0.844. The van der Waals surface area contributed by atoms with Gasteiger partial charge in [-0.2, -0.15) is 0 Å². The van der Waals surface area contributed by atoms with Gasteiger partial charge in [-0.3, -0.25) is 24.8 Å². The zero-order valence-electron chi connectivity index (χ0n) is 15.3. The van der Waals surface area contributed by atoms with Crippen LogP contribution in [0, 0.1) is 10.1 Å². The van der Waals surface area contributed by atoms with Gasteiger partial charge in [0.1, 0.15) is 11.8 Å². The molecule has 0 aromatic heterocycles. The Morgan fingerprint density at radius 1 is 1.21 bits per heavy atom. The highest BCUT2D eigenvalue weighted by Crippen LogP contribution is 2.28. The maximum atomic E-state index is 12.9. The number of hydrogen-bond donors (Lipinski definition) is 0. The Labute approximate surface area is 161 Å². The van der Waals surface area contributed by atoms with Crippen LogP contribution in [0.3, 0.4) is 0 Å². The minimum Gasteiger partial charge on any atom is -0.464 e. The Morgan fingerprint density at radius 2 is 1.89 bits per heavy atom. The van der Waals surface area contributed by atoms with E-state index in [1.165, 1.54) is 29.2 Å². The highest BCUT2D eigenvalue weighted by molar-refractivity contribution is 6.47. The third-order valence-electron chi connectivity index (χ3n) is 4.36. The highest BCUT2D eigenvalue weighted by atomic mass is 16.6. The van der Waals surface area contributed by atoms with Crippen molar-refractivity contribution in [3.63, 3.8) is 0 Å². The Balaban J connectivity index is 1.89. The number of aliphatic imine (C=N–C) groups is 1. The summed E-state index contributed by atoms with van der Waals surface area (Å²) in [6, 6.07) is 14.1. The number of hydrogen-bond acceptors (Lipinski definition) is 6. The van der Waals surface area contributed by atoms with Crippen LogP contribution in [0.15, 0.2) is 59.6 Å². The molecule has 1 saturated heterocycles. The molecule has 0 spiro atoms. The number of benzene rings is 2. The van der Waals surface area contributed by atoms with Crippen LogP contribution in [-0.4, -0.2) is 35.2 Å². The van der Waals surface area contributed by atoms with Crippen molar-refractivity contribution in [2.75, 3.05) is 11.5 Å². The number of anilines is 1. The van der Waals surface area contributed by atoms with Crippen molar-refractivity contribution in [1.29, 1.82) is 0 Å². The normalized spacial score (nSPS) is 17.8. The molecule has 8 heteroatoms. The maximum absolute atomic E-state index is 12.9. The van der Waals surface area contributed by atoms with Crippen molar-refractivity contribution in [1.82, 2.24) is 0 Å². The molecule has 1 aliphatic rings. The first kappa shape index (κ1) is 19.2. The number of carbonyl (C=O) groups excluding carboxylic acids is 2. The summed E-state index contributed by atoms with van der Waals surface area (Å²) < 4.78 is 5.10. The number of nitro groups is 1. The van der Waals surface area contributed by atoms with E-state index in [4.69, 9.17) is 4.74 Å². The van der Waals surface area contributed by atoms with Crippen molar-refractivity contribution >= 4 is 29.0 Å². The predicted octanol–water partition coefficient (Wildman–Crippen LogP) is 2.90. The third-order valence-corrected chi connectivity index (χ3v) is 4.36. The second-order valence-electron chi connectivity index (χ2n) is 6.17. The van der Waals surface area contributed by atoms with Crippen LogP contribution in [-0.2, 0) is 20.9 Å². The third kappa shape index (κ3) is 4.06. The number of non-ortho nitro benzene ring substituents is 1. The summed E-state index contributed by atoms with van der Waals surface area (Å²) in [5, 5.41) is 10.9. The van der Waals surface area contributed by atoms with Crippen molar-refractivity contribution < 1.29 is 19.2 Å². The summed E-state index contributed by atoms with van der Waals surface area (Å²) in [6.45, 7) is 2.20. The van der Waals surface area contributed by atoms with E-state index in [9.17, 15) is 19.7 Å². The van der Waals surface area contributed by atoms with Crippen molar-refractivity contribution in [3.8, 4) is 0 Å². The minimum absolute atomic E-state index is 0.0963. The second kappa shape index (κ2) is 8.43. The maximum Gasteiger partial charge on any atom is 0.329 e. The van der Waals surface area contributed by atoms with Crippen LogP contribution >= 0.6 is 0 Å². The van der Waals surface area contributed by atoms with E-state index in [2.05, 4.69) is 4.99 Å². The quantitative estimate of drug-likeness (QED) is 0.435. The van der Waals surface area contributed by atoms with E-state index in [0.717, 1.165) is 5.56 Å². The van der Waals surface area contributed by atoms with Gasteiger partial charge in [0.25, 0.3) is 11.6 Å². The lowest BCUT2D eigenvalue weighted by molar-refractivity contribution is -0.384.